The molecular formula is C13H18FNO. The Labute approximate surface area is 96.1 Å². The lowest BCUT2D eigenvalue weighted by Crippen LogP contribution is -2.21. The molecule has 0 unspecified atom stereocenters. The molecule has 0 atom stereocenters. The SMILES string of the molecule is CCCCN(C)c1cccc(F)c1C(C)=O. The Morgan fingerprint density at radius 3 is 2.69 bits per heavy atom. The van der Waals surface area contributed by atoms with E-state index in [1.165, 1.54) is 13.0 Å². The second-order valence-electron chi connectivity index (χ2n) is 3.97. The van der Waals surface area contributed by atoms with Crippen LogP contribution in [0.1, 0.15) is 37.0 Å². The first-order chi connectivity index (χ1) is 7.57. The van der Waals surface area contributed by atoms with Gasteiger partial charge in [0.2, 0.25) is 0 Å². The quantitative estimate of drug-likeness (QED) is 0.714. The number of halogens is 1. The lowest BCUT2D eigenvalue weighted by Gasteiger charge is -2.21. The van der Waals surface area contributed by atoms with Gasteiger partial charge in [-0.05, 0) is 25.5 Å². The molecule has 2 nitrogen and oxygen atoms in total. The van der Waals surface area contributed by atoms with Crippen LogP contribution >= 0.6 is 0 Å². The number of Topliss-reactive ketones (excluding diaryl/α,β-unsaturated/α-hetero) is 1. The van der Waals surface area contributed by atoms with Gasteiger partial charge in [0, 0.05) is 13.6 Å². The zero-order valence-electron chi connectivity index (χ0n) is 10.1. The lowest BCUT2D eigenvalue weighted by molar-refractivity contribution is 0.101. The van der Waals surface area contributed by atoms with Gasteiger partial charge in [-0.1, -0.05) is 19.4 Å². The standard InChI is InChI=1S/C13H18FNO/c1-4-5-9-15(3)12-8-6-7-11(14)13(12)10(2)16/h6-8H,4-5,9H2,1-3H3. The third kappa shape index (κ3) is 2.81. The van der Waals surface area contributed by atoms with Crippen molar-refractivity contribution >= 4 is 11.5 Å². The van der Waals surface area contributed by atoms with Gasteiger partial charge in [-0.15, -0.1) is 0 Å². The summed E-state index contributed by atoms with van der Waals surface area (Å²) in [5, 5.41) is 0. The number of hydrogen-bond acceptors (Lipinski definition) is 2. The molecule has 3 heteroatoms. The predicted molar refractivity (Wildman–Crippen MR) is 64.6 cm³/mol. The molecule has 0 bridgehead atoms. The van der Waals surface area contributed by atoms with E-state index in [4.69, 9.17) is 0 Å². The number of ketones is 1. The van der Waals surface area contributed by atoms with Crippen LogP contribution in [0, 0.1) is 5.82 Å². The van der Waals surface area contributed by atoms with Gasteiger partial charge in [-0.2, -0.15) is 0 Å². The van der Waals surface area contributed by atoms with Crippen molar-refractivity contribution in [2.45, 2.75) is 26.7 Å². The summed E-state index contributed by atoms with van der Waals surface area (Å²) in [6.45, 7) is 4.33. The molecule has 0 heterocycles. The molecule has 1 aromatic rings. The van der Waals surface area contributed by atoms with Crippen molar-refractivity contribution in [3.63, 3.8) is 0 Å². The van der Waals surface area contributed by atoms with Crippen molar-refractivity contribution in [1.82, 2.24) is 0 Å². The number of nitrogens with zero attached hydrogens (tertiary/aromatic N) is 1. The Hall–Kier alpha value is -1.38. The van der Waals surface area contributed by atoms with E-state index < -0.39 is 5.82 Å². The molecule has 0 aliphatic carbocycles. The van der Waals surface area contributed by atoms with Crippen LogP contribution in [-0.4, -0.2) is 19.4 Å². The van der Waals surface area contributed by atoms with Gasteiger partial charge in [-0.25, -0.2) is 4.39 Å². The molecule has 0 saturated carbocycles. The third-order valence-corrected chi connectivity index (χ3v) is 2.60. The second kappa shape index (κ2) is 5.64. The molecule has 0 fully saturated rings. The maximum atomic E-state index is 13.5. The topological polar surface area (TPSA) is 20.3 Å². The number of carbonyl (C=O) groups is 1. The number of anilines is 1. The van der Waals surface area contributed by atoms with E-state index in [2.05, 4.69) is 6.92 Å². The fraction of sp³-hybridized carbons (Fsp3) is 0.462. The minimum Gasteiger partial charge on any atom is -0.374 e. The molecule has 0 amide bonds. The average Bonchev–Trinajstić information content (AvgIpc) is 2.24. The fourth-order valence-electron chi connectivity index (χ4n) is 1.70. The first kappa shape index (κ1) is 12.7. The molecule has 1 rings (SSSR count). The van der Waals surface area contributed by atoms with E-state index in [0.717, 1.165) is 19.4 Å². The molecular weight excluding hydrogens is 205 g/mol. The van der Waals surface area contributed by atoms with Crippen LogP contribution in [0.3, 0.4) is 0 Å². The summed E-state index contributed by atoms with van der Waals surface area (Å²) in [5.74, 6) is -0.662. The van der Waals surface area contributed by atoms with Crippen LogP contribution in [0.5, 0.6) is 0 Å². The summed E-state index contributed by atoms with van der Waals surface area (Å²) in [6, 6.07) is 4.75. The van der Waals surface area contributed by atoms with Crippen molar-refractivity contribution in [2.75, 3.05) is 18.5 Å². The van der Waals surface area contributed by atoms with E-state index in [0.29, 0.717) is 5.69 Å². The maximum Gasteiger partial charge on any atom is 0.164 e. The summed E-state index contributed by atoms with van der Waals surface area (Å²) >= 11 is 0. The van der Waals surface area contributed by atoms with Gasteiger partial charge in [0.15, 0.2) is 5.78 Å². The Morgan fingerprint density at radius 2 is 2.12 bits per heavy atom. The number of unbranched alkanes of at least 4 members (excludes halogenated alkanes) is 1. The number of rotatable bonds is 5. The number of carbonyl (C=O) groups excluding carboxylic acids is 1. The molecule has 0 N–H and O–H groups in total. The summed E-state index contributed by atoms with van der Waals surface area (Å²) in [7, 11) is 1.89. The zero-order chi connectivity index (χ0) is 12.1. The minimum absolute atomic E-state index is 0.195. The number of benzene rings is 1. The third-order valence-electron chi connectivity index (χ3n) is 2.60. The Balaban J connectivity index is 3.02. The molecule has 88 valence electrons. The maximum absolute atomic E-state index is 13.5. The van der Waals surface area contributed by atoms with Crippen molar-refractivity contribution in [3.05, 3.63) is 29.6 Å². The first-order valence-electron chi connectivity index (χ1n) is 5.58. The molecule has 0 aromatic heterocycles. The Morgan fingerprint density at radius 1 is 1.44 bits per heavy atom. The molecule has 0 spiro atoms. The highest BCUT2D eigenvalue weighted by molar-refractivity contribution is 5.99. The van der Waals surface area contributed by atoms with Crippen LogP contribution in [0.2, 0.25) is 0 Å². The largest absolute Gasteiger partial charge is 0.374 e. The van der Waals surface area contributed by atoms with E-state index >= 15 is 0 Å². The molecule has 0 aliphatic rings. The van der Waals surface area contributed by atoms with Gasteiger partial charge in [0.1, 0.15) is 5.82 Å². The van der Waals surface area contributed by atoms with E-state index in [1.54, 1.807) is 12.1 Å². The summed E-state index contributed by atoms with van der Waals surface area (Å²) in [5.41, 5.74) is 0.877. The first-order valence-corrected chi connectivity index (χ1v) is 5.58. The Bertz CT molecular complexity index is 376. The Kier molecular flexibility index (Phi) is 4.47. The van der Waals surface area contributed by atoms with E-state index in [-0.39, 0.29) is 11.3 Å². The highest BCUT2D eigenvalue weighted by Gasteiger charge is 2.15. The van der Waals surface area contributed by atoms with Crippen molar-refractivity contribution < 1.29 is 9.18 Å². The molecule has 0 aliphatic heterocycles. The van der Waals surface area contributed by atoms with E-state index in [1.807, 2.05) is 11.9 Å². The van der Waals surface area contributed by atoms with Gasteiger partial charge < -0.3 is 4.90 Å². The minimum atomic E-state index is -0.437. The van der Waals surface area contributed by atoms with Gasteiger partial charge >= 0.3 is 0 Å². The second-order valence-corrected chi connectivity index (χ2v) is 3.97. The van der Waals surface area contributed by atoms with Gasteiger partial charge in [0.05, 0.1) is 11.3 Å². The fourth-order valence-corrected chi connectivity index (χ4v) is 1.70. The van der Waals surface area contributed by atoms with Crippen molar-refractivity contribution in [2.24, 2.45) is 0 Å². The summed E-state index contributed by atoms with van der Waals surface area (Å²) in [6.07, 6.45) is 2.11. The molecule has 0 saturated heterocycles. The van der Waals surface area contributed by atoms with E-state index in [9.17, 15) is 9.18 Å². The normalized spacial score (nSPS) is 10.2. The lowest BCUT2D eigenvalue weighted by atomic mass is 10.1. The highest BCUT2D eigenvalue weighted by atomic mass is 19.1. The monoisotopic (exact) mass is 223 g/mol. The summed E-state index contributed by atoms with van der Waals surface area (Å²) in [4.78, 5) is 13.3. The smallest absolute Gasteiger partial charge is 0.164 e. The van der Waals surface area contributed by atoms with Crippen LogP contribution in [0.25, 0.3) is 0 Å². The molecule has 1 aromatic carbocycles. The average molecular weight is 223 g/mol. The predicted octanol–water partition coefficient (Wildman–Crippen LogP) is 3.26. The van der Waals surface area contributed by atoms with Crippen LogP contribution in [-0.2, 0) is 0 Å². The van der Waals surface area contributed by atoms with Crippen LogP contribution in [0.4, 0.5) is 10.1 Å². The van der Waals surface area contributed by atoms with Crippen LogP contribution in [0.15, 0.2) is 18.2 Å². The number of hydrogen-bond donors (Lipinski definition) is 0. The van der Waals surface area contributed by atoms with Crippen molar-refractivity contribution in [3.8, 4) is 0 Å². The highest BCUT2D eigenvalue weighted by Crippen LogP contribution is 2.23. The van der Waals surface area contributed by atoms with Crippen LogP contribution < -0.4 is 4.90 Å². The molecule has 16 heavy (non-hydrogen) atoms. The zero-order valence-corrected chi connectivity index (χ0v) is 10.1. The summed E-state index contributed by atoms with van der Waals surface area (Å²) < 4.78 is 13.5. The van der Waals surface area contributed by atoms with Gasteiger partial charge in [-0.3, -0.25) is 4.79 Å². The van der Waals surface area contributed by atoms with Gasteiger partial charge in [0.25, 0.3) is 0 Å². The van der Waals surface area contributed by atoms with Crippen molar-refractivity contribution in [1.29, 1.82) is 0 Å². The molecule has 0 radical (unpaired) electrons.